The predicted octanol–water partition coefficient (Wildman–Crippen LogP) is 4.13. The van der Waals surface area contributed by atoms with E-state index in [-0.39, 0.29) is 24.2 Å². The Morgan fingerprint density at radius 1 is 1.03 bits per heavy atom. The number of carbonyl (C=O) groups excluding carboxylic acids is 1. The van der Waals surface area contributed by atoms with E-state index in [0.717, 1.165) is 12.2 Å². The highest BCUT2D eigenvalue weighted by Crippen LogP contribution is 2.30. The molecule has 1 amide bonds. The van der Waals surface area contributed by atoms with E-state index in [2.05, 4.69) is 10.1 Å². The summed E-state index contributed by atoms with van der Waals surface area (Å²) in [6.07, 6.45) is -2.94. The van der Waals surface area contributed by atoms with Crippen molar-refractivity contribution in [3.05, 3.63) is 60.2 Å². The van der Waals surface area contributed by atoms with Gasteiger partial charge in [0.05, 0.1) is 0 Å². The number of carbonyl (C=O) groups is 1. The lowest BCUT2D eigenvalue weighted by Crippen LogP contribution is -2.35. The fraction of sp³-hybridized carbons (Fsp3) is 0.409. The monoisotopic (exact) mass is 422 g/mol. The minimum Gasteiger partial charge on any atom is -0.492 e. The highest BCUT2D eigenvalue weighted by Gasteiger charge is 2.34. The predicted molar refractivity (Wildman–Crippen MR) is 106 cm³/mol. The molecule has 0 aromatic heterocycles. The zero-order valence-electron chi connectivity index (χ0n) is 16.5. The van der Waals surface area contributed by atoms with E-state index in [1.54, 1.807) is 17.0 Å². The summed E-state index contributed by atoms with van der Waals surface area (Å²) in [4.78, 5) is 14.0. The summed E-state index contributed by atoms with van der Waals surface area (Å²) in [5.41, 5.74) is 0.347. The molecular weight excluding hydrogens is 397 g/mol. The van der Waals surface area contributed by atoms with Gasteiger partial charge < -0.3 is 19.7 Å². The summed E-state index contributed by atoms with van der Waals surface area (Å²) in [6.45, 7) is 1.98. The lowest BCUT2D eigenvalue weighted by molar-refractivity contribution is -0.275. The zero-order chi connectivity index (χ0) is 21.4. The number of nitrogens with zero attached hydrogens (tertiary/aromatic N) is 1. The van der Waals surface area contributed by atoms with Gasteiger partial charge in [-0.2, -0.15) is 0 Å². The Hall–Kier alpha value is -2.74. The molecule has 8 heteroatoms. The molecule has 1 aliphatic heterocycles. The maximum atomic E-state index is 12.6. The van der Waals surface area contributed by atoms with E-state index in [0.29, 0.717) is 38.1 Å². The van der Waals surface area contributed by atoms with Gasteiger partial charge in [-0.15, -0.1) is 13.2 Å². The quantitative estimate of drug-likeness (QED) is 0.585. The molecule has 2 aromatic rings. The number of benzene rings is 2. The van der Waals surface area contributed by atoms with Crippen LogP contribution in [-0.2, 0) is 11.3 Å². The minimum absolute atomic E-state index is 0.0148. The van der Waals surface area contributed by atoms with Crippen molar-refractivity contribution in [2.24, 2.45) is 0 Å². The van der Waals surface area contributed by atoms with E-state index in [4.69, 9.17) is 4.74 Å². The van der Waals surface area contributed by atoms with Crippen LogP contribution in [-0.4, -0.2) is 42.9 Å². The number of amides is 1. The highest BCUT2D eigenvalue weighted by molar-refractivity contribution is 5.78. The maximum absolute atomic E-state index is 12.6. The van der Waals surface area contributed by atoms with Crippen LogP contribution in [0.25, 0.3) is 0 Å². The molecule has 2 aromatic carbocycles. The first-order chi connectivity index (χ1) is 14.4. The average molecular weight is 422 g/mol. The van der Waals surface area contributed by atoms with E-state index in [9.17, 15) is 18.0 Å². The van der Waals surface area contributed by atoms with Crippen molar-refractivity contribution in [3.8, 4) is 11.5 Å². The highest BCUT2D eigenvalue weighted by atomic mass is 19.4. The first-order valence-electron chi connectivity index (χ1n) is 9.94. The second-order valence-electron chi connectivity index (χ2n) is 7.07. The van der Waals surface area contributed by atoms with Crippen LogP contribution < -0.4 is 14.8 Å². The fourth-order valence-corrected chi connectivity index (χ4v) is 3.50. The van der Waals surface area contributed by atoms with E-state index < -0.39 is 6.36 Å². The van der Waals surface area contributed by atoms with Gasteiger partial charge in [0, 0.05) is 31.1 Å². The molecule has 1 atom stereocenters. The molecule has 0 spiro atoms. The van der Waals surface area contributed by atoms with Crippen molar-refractivity contribution in [3.63, 3.8) is 0 Å². The molecule has 1 aliphatic rings. The van der Waals surface area contributed by atoms with Crippen molar-refractivity contribution in [1.29, 1.82) is 0 Å². The molecule has 1 N–H and O–H groups in total. The number of likely N-dealkylation sites (tertiary alicyclic amines) is 1. The Labute approximate surface area is 173 Å². The van der Waals surface area contributed by atoms with Crippen LogP contribution in [0.5, 0.6) is 11.5 Å². The topological polar surface area (TPSA) is 50.8 Å². The molecule has 3 rings (SSSR count). The van der Waals surface area contributed by atoms with Crippen molar-refractivity contribution < 1.29 is 27.4 Å². The number of para-hydroxylation sites is 2. The van der Waals surface area contributed by atoms with Crippen LogP contribution in [0.3, 0.4) is 0 Å². The van der Waals surface area contributed by atoms with Crippen LogP contribution in [0.1, 0.15) is 24.8 Å². The number of halogens is 3. The van der Waals surface area contributed by atoms with Gasteiger partial charge in [-0.1, -0.05) is 36.4 Å². The minimum atomic E-state index is -4.77. The Bertz CT molecular complexity index is 815. The summed E-state index contributed by atoms with van der Waals surface area (Å²) in [7, 11) is 0. The number of rotatable bonds is 10. The molecule has 5 nitrogen and oxygen atoms in total. The number of hydrogen-bond acceptors (Lipinski definition) is 4. The van der Waals surface area contributed by atoms with Crippen LogP contribution in [0.15, 0.2) is 54.6 Å². The molecule has 162 valence electrons. The number of hydrogen-bond donors (Lipinski definition) is 1. The van der Waals surface area contributed by atoms with E-state index >= 15 is 0 Å². The van der Waals surface area contributed by atoms with Crippen molar-refractivity contribution in [2.45, 2.75) is 38.2 Å². The fourth-order valence-electron chi connectivity index (χ4n) is 3.50. The second kappa shape index (κ2) is 10.3. The lowest BCUT2D eigenvalue weighted by Gasteiger charge is -2.26. The zero-order valence-corrected chi connectivity index (χ0v) is 16.5. The van der Waals surface area contributed by atoms with Crippen molar-refractivity contribution in [2.75, 3.05) is 19.7 Å². The number of ether oxygens (including phenoxy) is 2. The van der Waals surface area contributed by atoms with Gasteiger partial charge in [0.15, 0.2) is 0 Å². The summed E-state index contributed by atoms with van der Waals surface area (Å²) >= 11 is 0. The molecule has 30 heavy (non-hydrogen) atoms. The van der Waals surface area contributed by atoms with E-state index in [1.807, 2.05) is 30.3 Å². The molecular formula is C22H25F3N2O3. The number of nitrogens with one attached hydrogen (secondary N) is 1. The van der Waals surface area contributed by atoms with Gasteiger partial charge in [-0.25, -0.2) is 0 Å². The average Bonchev–Trinajstić information content (AvgIpc) is 3.05. The molecule has 0 unspecified atom stereocenters. The van der Waals surface area contributed by atoms with Crippen LogP contribution in [0, 0.1) is 0 Å². The smallest absolute Gasteiger partial charge is 0.492 e. The third kappa shape index (κ3) is 6.66. The van der Waals surface area contributed by atoms with Gasteiger partial charge in [0.2, 0.25) is 5.91 Å². The molecule has 1 saturated heterocycles. The Morgan fingerprint density at radius 3 is 2.53 bits per heavy atom. The van der Waals surface area contributed by atoms with Crippen LogP contribution >= 0.6 is 0 Å². The Kier molecular flexibility index (Phi) is 7.57. The Morgan fingerprint density at radius 2 is 1.77 bits per heavy atom. The standard InChI is InChI=1S/C22H25F3N2O3/c23-22(24,25)30-20-9-5-4-6-17(20)16-27-18(10-11-21(27)28)12-13-26-14-15-29-19-7-2-1-3-8-19/h1-9,18,26H,10-16H2/t18-/m0/s1. The van der Waals surface area contributed by atoms with E-state index in [1.165, 1.54) is 12.1 Å². The summed E-state index contributed by atoms with van der Waals surface area (Å²) in [5, 5.41) is 3.29. The largest absolute Gasteiger partial charge is 0.573 e. The third-order valence-electron chi connectivity index (χ3n) is 4.94. The normalized spacial score (nSPS) is 16.7. The first-order valence-corrected chi connectivity index (χ1v) is 9.94. The molecule has 0 radical (unpaired) electrons. The third-order valence-corrected chi connectivity index (χ3v) is 4.94. The first kappa shape index (κ1) is 22.0. The second-order valence-corrected chi connectivity index (χ2v) is 7.07. The molecule has 0 saturated carbocycles. The van der Waals surface area contributed by atoms with Crippen molar-refractivity contribution in [1.82, 2.24) is 10.2 Å². The summed E-state index contributed by atoms with van der Waals surface area (Å²) in [6, 6.07) is 15.5. The van der Waals surface area contributed by atoms with Crippen molar-refractivity contribution >= 4 is 5.91 Å². The van der Waals surface area contributed by atoms with Gasteiger partial charge in [-0.05, 0) is 37.6 Å². The maximum Gasteiger partial charge on any atom is 0.573 e. The van der Waals surface area contributed by atoms with Gasteiger partial charge in [0.25, 0.3) is 0 Å². The lowest BCUT2D eigenvalue weighted by atomic mass is 10.1. The van der Waals surface area contributed by atoms with Crippen LogP contribution in [0.4, 0.5) is 13.2 Å². The van der Waals surface area contributed by atoms with Gasteiger partial charge in [-0.3, -0.25) is 4.79 Å². The van der Waals surface area contributed by atoms with Gasteiger partial charge >= 0.3 is 6.36 Å². The summed E-state index contributed by atoms with van der Waals surface area (Å²) < 4.78 is 47.7. The number of alkyl halides is 3. The molecule has 1 heterocycles. The molecule has 0 aliphatic carbocycles. The van der Waals surface area contributed by atoms with Crippen LogP contribution in [0.2, 0.25) is 0 Å². The Balaban J connectivity index is 1.47. The summed E-state index contributed by atoms with van der Waals surface area (Å²) in [5.74, 6) is 0.500. The molecule has 0 bridgehead atoms. The van der Waals surface area contributed by atoms with Gasteiger partial charge in [0.1, 0.15) is 18.1 Å². The molecule has 1 fully saturated rings. The SMILES string of the molecule is O=C1CC[C@@H](CCNCCOc2ccccc2)N1Cc1ccccc1OC(F)(F)F.